The van der Waals surface area contributed by atoms with Gasteiger partial charge in [0.25, 0.3) is 0 Å². The van der Waals surface area contributed by atoms with Crippen molar-refractivity contribution >= 4 is 0 Å². The summed E-state index contributed by atoms with van der Waals surface area (Å²) in [5, 5.41) is 3.95. The molecule has 1 heterocycles. The van der Waals surface area contributed by atoms with Gasteiger partial charge >= 0.3 is 0 Å². The van der Waals surface area contributed by atoms with Gasteiger partial charge in [0.1, 0.15) is 0 Å². The molecule has 4 heteroatoms. The number of nitrogens with zero attached hydrogens (tertiary/aromatic N) is 2. The summed E-state index contributed by atoms with van der Waals surface area (Å²) in [6.07, 6.45) is 5.34. The van der Waals surface area contributed by atoms with E-state index in [-0.39, 0.29) is 11.5 Å². The van der Waals surface area contributed by atoms with Crippen LogP contribution in [0.5, 0.6) is 0 Å². The predicted molar refractivity (Wildman–Crippen MR) is 57.5 cm³/mol. The summed E-state index contributed by atoms with van der Waals surface area (Å²) in [5.74, 6) is 1.51. The van der Waals surface area contributed by atoms with Crippen molar-refractivity contribution in [2.45, 2.75) is 57.4 Å². The Hall–Kier alpha value is -0.900. The summed E-state index contributed by atoms with van der Waals surface area (Å²) in [6, 6.07) is 0.149. The SMILES string of the molecule is CCc1noc(C2(C)CCCCC2N)n1. The van der Waals surface area contributed by atoms with E-state index in [0.29, 0.717) is 0 Å². The van der Waals surface area contributed by atoms with Crippen LogP contribution in [-0.4, -0.2) is 16.2 Å². The number of rotatable bonds is 2. The van der Waals surface area contributed by atoms with Crippen molar-refractivity contribution in [1.29, 1.82) is 0 Å². The Morgan fingerprint density at radius 3 is 2.93 bits per heavy atom. The molecule has 0 saturated heterocycles. The van der Waals surface area contributed by atoms with Crippen LogP contribution < -0.4 is 5.73 Å². The molecular formula is C11H19N3O. The smallest absolute Gasteiger partial charge is 0.234 e. The molecule has 1 aromatic heterocycles. The fourth-order valence-electron chi connectivity index (χ4n) is 2.26. The molecule has 1 aliphatic carbocycles. The van der Waals surface area contributed by atoms with Crippen molar-refractivity contribution in [3.05, 3.63) is 11.7 Å². The summed E-state index contributed by atoms with van der Waals surface area (Å²) in [5.41, 5.74) is 6.06. The van der Waals surface area contributed by atoms with E-state index in [0.717, 1.165) is 31.0 Å². The van der Waals surface area contributed by atoms with Gasteiger partial charge in [0, 0.05) is 12.5 Å². The molecule has 0 spiro atoms. The second kappa shape index (κ2) is 3.93. The third-order valence-electron chi connectivity index (χ3n) is 3.55. The maximum absolute atomic E-state index is 6.17. The van der Waals surface area contributed by atoms with Crippen molar-refractivity contribution in [3.8, 4) is 0 Å². The molecule has 2 N–H and O–H groups in total. The fourth-order valence-corrected chi connectivity index (χ4v) is 2.26. The fraction of sp³-hybridized carbons (Fsp3) is 0.818. The molecule has 1 saturated carbocycles. The standard InChI is InChI=1S/C11H19N3O/c1-3-9-13-10(15-14-9)11(2)7-5-4-6-8(11)12/h8H,3-7,12H2,1-2H3. The van der Waals surface area contributed by atoms with Crippen molar-refractivity contribution in [1.82, 2.24) is 10.1 Å². The topological polar surface area (TPSA) is 64.9 Å². The third-order valence-corrected chi connectivity index (χ3v) is 3.55. The van der Waals surface area contributed by atoms with Crippen molar-refractivity contribution in [3.63, 3.8) is 0 Å². The zero-order chi connectivity index (χ0) is 10.9. The quantitative estimate of drug-likeness (QED) is 0.806. The Morgan fingerprint density at radius 2 is 2.33 bits per heavy atom. The highest BCUT2D eigenvalue weighted by Crippen LogP contribution is 2.37. The first-order chi connectivity index (χ1) is 7.16. The number of aromatic nitrogens is 2. The van der Waals surface area contributed by atoms with Crippen LogP contribution in [0.4, 0.5) is 0 Å². The van der Waals surface area contributed by atoms with Gasteiger partial charge < -0.3 is 10.3 Å². The van der Waals surface area contributed by atoms with Crippen LogP contribution >= 0.6 is 0 Å². The lowest BCUT2D eigenvalue weighted by Gasteiger charge is -2.35. The van der Waals surface area contributed by atoms with E-state index in [1.165, 1.54) is 12.8 Å². The zero-order valence-electron chi connectivity index (χ0n) is 9.49. The summed E-state index contributed by atoms with van der Waals surface area (Å²) in [6.45, 7) is 4.17. The summed E-state index contributed by atoms with van der Waals surface area (Å²) >= 11 is 0. The van der Waals surface area contributed by atoms with Crippen LogP contribution in [0.2, 0.25) is 0 Å². The molecule has 1 aliphatic rings. The van der Waals surface area contributed by atoms with Gasteiger partial charge in [-0.05, 0) is 19.8 Å². The monoisotopic (exact) mass is 209 g/mol. The lowest BCUT2D eigenvalue weighted by atomic mass is 9.72. The molecule has 0 radical (unpaired) electrons. The van der Waals surface area contributed by atoms with Crippen LogP contribution in [-0.2, 0) is 11.8 Å². The summed E-state index contributed by atoms with van der Waals surface area (Å²) < 4.78 is 5.33. The van der Waals surface area contributed by atoms with Crippen molar-refractivity contribution < 1.29 is 4.52 Å². The average molecular weight is 209 g/mol. The Balaban J connectivity index is 2.26. The van der Waals surface area contributed by atoms with Gasteiger partial charge in [-0.25, -0.2) is 0 Å². The molecule has 1 fully saturated rings. The largest absolute Gasteiger partial charge is 0.339 e. The van der Waals surface area contributed by atoms with Gasteiger partial charge in [-0.15, -0.1) is 0 Å². The van der Waals surface area contributed by atoms with Gasteiger partial charge in [-0.2, -0.15) is 4.98 Å². The molecule has 2 rings (SSSR count). The van der Waals surface area contributed by atoms with E-state index in [1.54, 1.807) is 0 Å². The van der Waals surface area contributed by atoms with Crippen molar-refractivity contribution in [2.75, 3.05) is 0 Å². The molecule has 4 nitrogen and oxygen atoms in total. The molecule has 84 valence electrons. The minimum Gasteiger partial charge on any atom is -0.339 e. The van der Waals surface area contributed by atoms with Crippen LogP contribution in [0.15, 0.2) is 4.52 Å². The van der Waals surface area contributed by atoms with Gasteiger partial charge in [0.05, 0.1) is 5.41 Å². The van der Waals surface area contributed by atoms with Crippen LogP contribution in [0, 0.1) is 0 Å². The molecule has 1 aromatic rings. The molecule has 0 aromatic carbocycles. The Morgan fingerprint density at radius 1 is 1.53 bits per heavy atom. The third kappa shape index (κ3) is 1.78. The molecule has 2 atom stereocenters. The summed E-state index contributed by atoms with van der Waals surface area (Å²) in [4.78, 5) is 4.42. The molecule has 15 heavy (non-hydrogen) atoms. The van der Waals surface area contributed by atoms with Gasteiger partial charge in [-0.1, -0.05) is 24.9 Å². The highest BCUT2D eigenvalue weighted by atomic mass is 16.5. The predicted octanol–water partition coefficient (Wildman–Crippen LogP) is 1.79. The molecular weight excluding hydrogens is 190 g/mol. The number of hydrogen-bond acceptors (Lipinski definition) is 4. The van der Waals surface area contributed by atoms with E-state index < -0.39 is 0 Å². The van der Waals surface area contributed by atoms with E-state index in [4.69, 9.17) is 10.3 Å². The Labute approximate surface area is 90.2 Å². The van der Waals surface area contributed by atoms with E-state index in [9.17, 15) is 0 Å². The van der Waals surface area contributed by atoms with Gasteiger partial charge in [0.2, 0.25) is 5.89 Å². The highest BCUT2D eigenvalue weighted by Gasteiger charge is 2.40. The number of aryl methyl sites for hydroxylation is 1. The zero-order valence-corrected chi connectivity index (χ0v) is 9.49. The van der Waals surface area contributed by atoms with Crippen LogP contribution in [0.3, 0.4) is 0 Å². The normalized spacial score (nSPS) is 31.8. The first kappa shape index (κ1) is 10.6. The van der Waals surface area contributed by atoms with Crippen LogP contribution in [0.25, 0.3) is 0 Å². The van der Waals surface area contributed by atoms with Gasteiger partial charge in [-0.3, -0.25) is 0 Å². The number of hydrogen-bond donors (Lipinski definition) is 1. The first-order valence-corrected chi connectivity index (χ1v) is 5.75. The summed E-state index contributed by atoms with van der Waals surface area (Å²) in [7, 11) is 0. The second-order valence-electron chi connectivity index (χ2n) is 4.64. The van der Waals surface area contributed by atoms with E-state index >= 15 is 0 Å². The second-order valence-corrected chi connectivity index (χ2v) is 4.64. The molecule has 2 unspecified atom stereocenters. The highest BCUT2D eigenvalue weighted by molar-refractivity contribution is 5.10. The van der Waals surface area contributed by atoms with Crippen LogP contribution in [0.1, 0.15) is 51.2 Å². The molecule has 0 aliphatic heterocycles. The lowest BCUT2D eigenvalue weighted by Crippen LogP contribution is -2.45. The Kier molecular flexibility index (Phi) is 2.78. The lowest BCUT2D eigenvalue weighted by molar-refractivity contribution is 0.203. The maximum atomic E-state index is 6.17. The first-order valence-electron chi connectivity index (χ1n) is 5.75. The minimum absolute atomic E-state index is 0.112. The minimum atomic E-state index is -0.112. The van der Waals surface area contributed by atoms with Gasteiger partial charge in [0.15, 0.2) is 5.82 Å². The maximum Gasteiger partial charge on any atom is 0.234 e. The Bertz CT molecular complexity index is 336. The van der Waals surface area contributed by atoms with Crippen molar-refractivity contribution in [2.24, 2.45) is 5.73 Å². The van der Waals surface area contributed by atoms with E-state index in [2.05, 4.69) is 17.1 Å². The average Bonchev–Trinajstić information content (AvgIpc) is 2.71. The molecule has 0 amide bonds. The van der Waals surface area contributed by atoms with E-state index in [1.807, 2.05) is 6.92 Å². The molecule has 0 bridgehead atoms. The number of nitrogens with two attached hydrogens (primary N) is 1.